The molecule has 2 aromatic rings. The molecule has 2 aromatic carbocycles. The van der Waals surface area contributed by atoms with Crippen molar-refractivity contribution in [2.45, 2.75) is 13.1 Å². The second-order valence-electron chi connectivity index (χ2n) is 6.03. The molecule has 2 amide bonds. The van der Waals surface area contributed by atoms with Crippen LogP contribution in [0.2, 0.25) is 5.02 Å². The van der Waals surface area contributed by atoms with Gasteiger partial charge in [0.2, 0.25) is 5.91 Å². The lowest BCUT2D eigenvalue weighted by Gasteiger charge is -2.11. The van der Waals surface area contributed by atoms with E-state index in [1.165, 1.54) is 38.3 Å². The summed E-state index contributed by atoms with van der Waals surface area (Å²) in [5.74, 6) is -1.98. The van der Waals surface area contributed by atoms with Crippen LogP contribution in [0.1, 0.15) is 22.8 Å². The smallest absolute Gasteiger partial charge is 0.416 e. The number of hydrogen-bond donors (Lipinski definition) is 2. The first-order valence-electron chi connectivity index (χ1n) is 8.37. The summed E-state index contributed by atoms with van der Waals surface area (Å²) in [6, 6.07) is 8.34. The highest BCUT2D eigenvalue weighted by Crippen LogP contribution is 2.33. The van der Waals surface area contributed by atoms with Crippen molar-refractivity contribution in [2.24, 2.45) is 0 Å². The van der Waals surface area contributed by atoms with E-state index in [1.807, 2.05) is 0 Å². The van der Waals surface area contributed by atoms with E-state index in [9.17, 15) is 27.6 Å². The number of hydrogen-bond acceptors (Lipinski definition) is 4. The number of amides is 2. The molecular formula is C20H16ClF3N2O4. The van der Waals surface area contributed by atoms with Gasteiger partial charge >= 0.3 is 12.1 Å². The molecule has 0 spiro atoms. The number of alkyl halides is 3. The molecule has 0 saturated carbocycles. The summed E-state index contributed by atoms with van der Waals surface area (Å²) >= 11 is 5.83. The zero-order chi connectivity index (χ0) is 22.5. The van der Waals surface area contributed by atoms with E-state index in [1.54, 1.807) is 0 Å². The third kappa shape index (κ3) is 6.08. The first-order valence-corrected chi connectivity index (χ1v) is 8.75. The van der Waals surface area contributed by atoms with E-state index in [0.29, 0.717) is 17.3 Å². The summed E-state index contributed by atoms with van der Waals surface area (Å²) in [5.41, 5.74) is -0.565. The summed E-state index contributed by atoms with van der Waals surface area (Å²) in [6.45, 7) is 1.35. The van der Waals surface area contributed by atoms with Crippen molar-refractivity contribution >= 4 is 40.8 Å². The molecule has 0 aliphatic heterocycles. The molecule has 0 aliphatic carbocycles. The monoisotopic (exact) mass is 440 g/mol. The molecular weight excluding hydrogens is 425 g/mol. The Labute approximate surface area is 174 Å². The van der Waals surface area contributed by atoms with Crippen LogP contribution in [0.15, 0.2) is 54.1 Å². The Hall–Kier alpha value is -3.33. The summed E-state index contributed by atoms with van der Waals surface area (Å²) in [7, 11) is 1.24. The van der Waals surface area contributed by atoms with Crippen molar-refractivity contribution in [2.75, 3.05) is 17.7 Å². The Morgan fingerprint density at radius 1 is 1.03 bits per heavy atom. The molecule has 0 aromatic heterocycles. The second kappa shape index (κ2) is 9.45. The summed E-state index contributed by atoms with van der Waals surface area (Å²) in [5, 5.41) is 4.66. The normalized spacial score (nSPS) is 11.6. The van der Waals surface area contributed by atoms with Crippen LogP contribution >= 0.6 is 11.6 Å². The van der Waals surface area contributed by atoms with Gasteiger partial charge in [-0.2, -0.15) is 13.2 Å². The number of carbonyl (C=O) groups excluding carboxylic acids is 3. The highest BCUT2D eigenvalue weighted by atomic mass is 35.5. The standard InChI is InChI=1S/C20H16ClF3N2O4/c1-11(18(28)25-14-6-3-12(4-7-14)19(29)30-2)9-17(27)26-16-10-13(20(22,23)24)5-8-15(16)21/h3-10H,1-2H3,(H,25,28)(H,26,27)/b11-9+. The van der Waals surface area contributed by atoms with Crippen LogP contribution < -0.4 is 10.6 Å². The van der Waals surface area contributed by atoms with E-state index in [-0.39, 0.29) is 16.3 Å². The molecule has 30 heavy (non-hydrogen) atoms. The van der Waals surface area contributed by atoms with Crippen LogP contribution in [0.5, 0.6) is 0 Å². The first-order chi connectivity index (χ1) is 14.0. The fraction of sp³-hybridized carbons (Fsp3) is 0.150. The maximum atomic E-state index is 12.8. The molecule has 2 rings (SSSR count). The molecule has 0 bridgehead atoms. The van der Waals surface area contributed by atoms with E-state index in [0.717, 1.165) is 18.2 Å². The number of nitrogens with one attached hydrogen (secondary N) is 2. The third-order valence-electron chi connectivity index (χ3n) is 3.82. The Balaban J connectivity index is 2.07. The van der Waals surface area contributed by atoms with Gasteiger partial charge in [-0.05, 0) is 49.4 Å². The van der Waals surface area contributed by atoms with Crippen molar-refractivity contribution < 1.29 is 32.3 Å². The molecule has 2 N–H and O–H groups in total. The second-order valence-corrected chi connectivity index (χ2v) is 6.44. The fourth-order valence-corrected chi connectivity index (χ4v) is 2.43. The lowest BCUT2D eigenvalue weighted by atomic mass is 10.2. The van der Waals surface area contributed by atoms with E-state index in [4.69, 9.17) is 11.6 Å². The van der Waals surface area contributed by atoms with Gasteiger partial charge in [0.15, 0.2) is 0 Å². The lowest BCUT2D eigenvalue weighted by Crippen LogP contribution is -2.16. The largest absolute Gasteiger partial charge is 0.465 e. The number of rotatable bonds is 5. The molecule has 0 aliphatic rings. The van der Waals surface area contributed by atoms with Gasteiger partial charge in [0.1, 0.15) is 0 Å². The summed E-state index contributed by atoms with van der Waals surface area (Å²) < 4.78 is 43.0. The molecule has 0 atom stereocenters. The van der Waals surface area contributed by atoms with Crippen molar-refractivity contribution in [1.82, 2.24) is 0 Å². The summed E-state index contributed by atoms with van der Waals surface area (Å²) in [6.07, 6.45) is -3.67. The number of benzene rings is 2. The Morgan fingerprint density at radius 3 is 2.23 bits per heavy atom. The third-order valence-corrected chi connectivity index (χ3v) is 4.15. The molecule has 158 valence electrons. The predicted octanol–water partition coefficient (Wildman–Crippen LogP) is 4.67. The molecule has 0 radical (unpaired) electrons. The highest BCUT2D eigenvalue weighted by Gasteiger charge is 2.31. The van der Waals surface area contributed by atoms with Crippen LogP contribution in [0, 0.1) is 0 Å². The topological polar surface area (TPSA) is 84.5 Å². The minimum Gasteiger partial charge on any atom is -0.465 e. The molecule has 0 saturated heterocycles. The van der Waals surface area contributed by atoms with Gasteiger partial charge in [0.05, 0.1) is 28.9 Å². The summed E-state index contributed by atoms with van der Waals surface area (Å²) in [4.78, 5) is 35.7. The van der Waals surface area contributed by atoms with Gasteiger partial charge in [-0.1, -0.05) is 11.6 Å². The van der Waals surface area contributed by atoms with Crippen LogP contribution in [-0.4, -0.2) is 24.9 Å². The SMILES string of the molecule is COC(=O)c1ccc(NC(=O)/C(C)=C/C(=O)Nc2cc(C(F)(F)F)ccc2Cl)cc1. The minimum absolute atomic E-state index is 0.00681. The van der Waals surface area contributed by atoms with Crippen LogP contribution in [0.3, 0.4) is 0 Å². The van der Waals surface area contributed by atoms with Crippen LogP contribution in [0.25, 0.3) is 0 Å². The Kier molecular flexibility index (Phi) is 7.23. The number of halogens is 4. The fourth-order valence-electron chi connectivity index (χ4n) is 2.27. The maximum Gasteiger partial charge on any atom is 0.416 e. The van der Waals surface area contributed by atoms with E-state index >= 15 is 0 Å². The number of methoxy groups -OCH3 is 1. The molecule has 6 nitrogen and oxygen atoms in total. The van der Waals surface area contributed by atoms with Crippen LogP contribution in [0.4, 0.5) is 24.5 Å². The molecule has 0 heterocycles. The molecule has 0 unspecified atom stereocenters. The van der Waals surface area contributed by atoms with Gasteiger partial charge in [-0.25, -0.2) is 4.79 Å². The number of esters is 1. The van der Waals surface area contributed by atoms with Gasteiger partial charge in [-0.3, -0.25) is 9.59 Å². The Bertz CT molecular complexity index is 1000. The van der Waals surface area contributed by atoms with Crippen molar-refractivity contribution in [3.8, 4) is 0 Å². The van der Waals surface area contributed by atoms with Crippen molar-refractivity contribution in [3.63, 3.8) is 0 Å². The number of ether oxygens (including phenoxy) is 1. The average molecular weight is 441 g/mol. The quantitative estimate of drug-likeness (QED) is 0.522. The minimum atomic E-state index is -4.60. The first kappa shape index (κ1) is 23.0. The van der Waals surface area contributed by atoms with Gasteiger partial charge in [-0.15, -0.1) is 0 Å². The number of anilines is 2. The van der Waals surface area contributed by atoms with Crippen molar-refractivity contribution in [3.05, 3.63) is 70.3 Å². The number of carbonyl (C=O) groups is 3. The lowest BCUT2D eigenvalue weighted by molar-refractivity contribution is -0.137. The van der Waals surface area contributed by atoms with Gasteiger partial charge in [0.25, 0.3) is 5.91 Å². The Morgan fingerprint density at radius 2 is 1.67 bits per heavy atom. The zero-order valence-corrected chi connectivity index (χ0v) is 16.5. The van der Waals surface area contributed by atoms with Gasteiger partial charge in [0, 0.05) is 17.3 Å². The predicted molar refractivity (Wildman–Crippen MR) is 105 cm³/mol. The van der Waals surface area contributed by atoms with Crippen LogP contribution in [-0.2, 0) is 20.5 Å². The maximum absolute atomic E-state index is 12.8. The average Bonchev–Trinajstić information content (AvgIpc) is 2.68. The van der Waals surface area contributed by atoms with Crippen molar-refractivity contribution in [1.29, 1.82) is 0 Å². The van der Waals surface area contributed by atoms with E-state index in [2.05, 4.69) is 15.4 Å². The zero-order valence-electron chi connectivity index (χ0n) is 15.8. The molecule has 0 fully saturated rings. The van der Waals surface area contributed by atoms with E-state index < -0.39 is 29.5 Å². The highest BCUT2D eigenvalue weighted by molar-refractivity contribution is 6.33. The van der Waals surface area contributed by atoms with Gasteiger partial charge < -0.3 is 15.4 Å². The molecule has 10 heteroatoms.